The van der Waals surface area contributed by atoms with Crippen molar-refractivity contribution in [2.24, 2.45) is 5.92 Å². The van der Waals surface area contributed by atoms with Crippen LogP contribution in [-0.4, -0.2) is 0 Å². The third kappa shape index (κ3) is 3.75. The molecule has 0 nitrogen and oxygen atoms in total. The highest BCUT2D eigenvalue weighted by Crippen LogP contribution is 2.24. The zero-order chi connectivity index (χ0) is 8.81. The van der Waals surface area contributed by atoms with Crippen LogP contribution in [0, 0.1) is 5.92 Å². The molecule has 0 aromatic rings. The van der Waals surface area contributed by atoms with E-state index in [4.69, 9.17) is 0 Å². The van der Waals surface area contributed by atoms with Crippen LogP contribution in [-0.2, 0) is 0 Å². The van der Waals surface area contributed by atoms with Gasteiger partial charge in [-0.05, 0) is 32.6 Å². The molecule has 0 N–H and O–H groups in total. The highest BCUT2D eigenvalue weighted by molar-refractivity contribution is 5.09. The molecule has 12 heavy (non-hydrogen) atoms. The van der Waals surface area contributed by atoms with Gasteiger partial charge in [0.05, 0.1) is 0 Å². The first-order valence-electron chi connectivity index (χ1n) is 5.11. The molecule has 0 saturated heterocycles. The van der Waals surface area contributed by atoms with E-state index in [9.17, 15) is 0 Å². The summed E-state index contributed by atoms with van der Waals surface area (Å²) in [5.41, 5.74) is 1.39. The summed E-state index contributed by atoms with van der Waals surface area (Å²) in [6.07, 6.45) is 14.0. The lowest BCUT2D eigenvalue weighted by molar-refractivity contribution is 0.419. The molecule has 1 aliphatic rings. The lowest BCUT2D eigenvalue weighted by Gasteiger charge is -2.17. The molecule has 0 spiro atoms. The largest absolute Gasteiger partial charge is 0.0814 e. The zero-order valence-corrected chi connectivity index (χ0v) is 8.34. The molecule has 0 aromatic carbocycles. The number of rotatable bonds is 2. The Kier molecular flexibility index (Phi) is 4.13. The van der Waals surface area contributed by atoms with E-state index >= 15 is 0 Å². The third-order valence-corrected chi connectivity index (χ3v) is 2.46. The summed E-state index contributed by atoms with van der Waals surface area (Å²) in [7, 11) is 0. The van der Waals surface area contributed by atoms with E-state index in [1.54, 1.807) is 0 Å². The fourth-order valence-corrected chi connectivity index (χ4v) is 1.73. The number of allylic oxidation sites excluding steroid dienone is 4. The van der Waals surface area contributed by atoms with Crippen LogP contribution in [0.3, 0.4) is 0 Å². The molecule has 1 rings (SSSR count). The van der Waals surface area contributed by atoms with E-state index in [2.05, 4.69) is 32.1 Å². The number of hydrogen-bond donors (Lipinski definition) is 0. The molecule has 0 radical (unpaired) electrons. The molecule has 0 aliphatic heterocycles. The Morgan fingerprint density at radius 3 is 2.33 bits per heavy atom. The molecule has 0 amide bonds. The summed E-state index contributed by atoms with van der Waals surface area (Å²) in [4.78, 5) is 0. The minimum atomic E-state index is 0.870. The maximum Gasteiger partial charge on any atom is -0.0230 e. The third-order valence-electron chi connectivity index (χ3n) is 2.46. The molecular formula is C12H20. The van der Waals surface area contributed by atoms with Crippen molar-refractivity contribution >= 4 is 0 Å². The van der Waals surface area contributed by atoms with Gasteiger partial charge in [0.2, 0.25) is 0 Å². The first-order valence-corrected chi connectivity index (χ1v) is 5.11. The molecule has 0 atom stereocenters. The van der Waals surface area contributed by atoms with Gasteiger partial charge in [0.15, 0.2) is 0 Å². The van der Waals surface area contributed by atoms with Crippen LogP contribution in [0.25, 0.3) is 0 Å². The quantitative estimate of drug-likeness (QED) is 0.539. The maximum atomic E-state index is 2.38. The van der Waals surface area contributed by atoms with E-state index in [0.29, 0.717) is 0 Å². The molecule has 0 unspecified atom stereocenters. The van der Waals surface area contributed by atoms with Crippen molar-refractivity contribution in [1.29, 1.82) is 0 Å². The van der Waals surface area contributed by atoms with Gasteiger partial charge < -0.3 is 0 Å². The van der Waals surface area contributed by atoms with Crippen molar-refractivity contribution in [2.75, 3.05) is 0 Å². The van der Waals surface area contributed by atoms with Gasteiger partial charge in [-0.3, -0.25) is 0 Å². The average molecular weight is 164 g/mol. The SMILES string of the molecule is CC(C)=C/C=C\C1CCCCC1. The lowest BCUT2D eigenvalue weighted by Crippen LogP contribution is -2.02. The summed E-state index contributed by atoms with van der Waals surface area (Å²) in [6, 6.07) is 0. The van der Waals surface area contributed by atoms with Gasteiger partial charge in [-0.2, -0.15) is 0 Å². The molecule has 1 aliphatic carbocycles. The summed E-state index contributed by atoms with van der Waals surface area (Å²) < 4.78 is 0. The predicted octanol–water partition coefficient (Wildman–Crippen LogP) is 4.09. The monoisotopic (exact) mass is 164 g/mol. The van der Waals surface area contributed by atoms with Gasteiger partial charge in [0.1, 0.15) is 0 Å². The second-order valence-electron chi connectivity index (χ2n) is 4.03. The van der Waals surface area contributed by atoms with Crippen LogP contribution in [0.5, 0.6) is 0 Å². The minimum Gasteiger partial charge on any atom is -0.0814 e. The summed E-state index contributed by atoms with van der Waals surface area (Å²) in [6.45, 7) is 4.29. The van der Waals surface area contributed by atoms with Crippen molar-refractivity contribution in [1.82, 2.24) is 0 Å². The lowest BCUT2D eigenvalue weighted by atomic mass is 9.89. The average Bonchev–Trinajstić information content (AvgIpc) is 2.05. The maximum absolute atomic E-state index is 2.38. The molecule has 1 fully saturated rings. The fourth-order valence-electron chi connectivity index (χ4n) is 1.73. The summed E-state index contributed by atoms with van der Waals surface area (Å²) in [5.74, 6) is 0.870. The number of hydrogen-bond acceptors (Lipinski definition) is 0. The van der Waals surface area contributed by atoms with Gasteiger partial charge in [-0.25, -0.2) is 0 Å². The van der Waals surface area contributed by atoms with Crippen LogP contribution >= 0.6 is 0 Å². The van der Waals surface area contributed by atoms with E-state index in [0.717, 1.165) is 5.92 Å². The Morgan fingerprint density at radius 2 is 1.75 bits per heavy atom. The molecule has 1 saturated carbocycles. The predicted molar refractivity (Wildman–Crippen MR) is 55.1 cm³/mol. The van der Waals surface area contributed by atoms with E-state index in [1.165, 1.54) is 37.7 Å². The zero-order valence-electron chi connectivity index (χ0n) is 8.34. The smallest absolute Gasteiger partial charge is 0.0230 e. The molecule has 0 aromatic heterocycles. The van der Waals surface area contributed by atoms with Gasteiger partial charge in [0.25, 0.3) is 0 Å². The minimum absolute atomic E-state index is 0.870. The molecular weight excluding hydrogens is 144 g/mol. The highest BCUT2D eigenvalue weighted by atomic mass is 14.1. The van der Waals surface area contributed by atoms with E-state index in [1.807, 2.05) is 0 Å². The molecule has 0 bridgehead atoms. The van der Waals surface area contributed by atoms with Crippen molar-refractivity contribution in [3.05, 3.63) is 23.8 Å². The summed E-state index contributed by atoms with van der Waals surface area (Å²) in [5, 5.41) is 0. The van der Waals surface area contributed by atoms with E-state index in [-0.39, 0.29) is 0 Å². The van der Waals surface area contributed by atoms with Crippen molar-refractivity contribution in [3.63, 3.8) is 0 Å². The Labute approximate surface area is 76.4 Å². The first kappa shape index (κ1) is 9.57. The summed E-state index contributed by atoms with van der Waals surface area (Å²) >= 11 is 0. The Morgan fingerprint density at radius 1 is 1.08 bits per heavy atom. The molecule has 0 heterocycles. The van der Waals surface area contributed by atoms with Crippen molar-refractivity contribution < 1.29 is 0 Å². The topological polar surface area (TPSA) is 0 Å². The second-order valence-corrected chi connectivity index (χ2v) is 4.03. The van der Waals surface area contributed by atoms with Crippen LogP contribution in [0.2, 0.25) is 0 Å². The fraction of sp³-hybridized carbons (Fsp3) is 0.667. The normalized spacial score (nSPS) is 19.8. The van der Waals surface area contributed by atoms with Gasteiger partial charge >= 0.3 is 0 Å². The van der Waals surface area contributed by atoms with Gasteiger partial charge in [-0.1, -0.05) is 43.1 Å². The Hall–Kier alpha value is -0.520. The van der Waals surface area contributed by atoms with Gasteiger partial charge in [-0.15, -0.1) is 0 Å². The highest BCUT2D eigenvalue weighted by Gasteiger charge is 2.08. The second kappa shape index (κ2) is 5.18. The van der Waals surface area contributed by atoms with Crippen LogP contribution < -0.4 is 0 Å². The van der Waals surface area contributed by atoms with E-state index < -0.39 is 0 Å². The van der Waals surface area contributed by atoms with Crippen molar-refractivity contribution in [2.45, 2.75) is 46.0 Å². The Bertz CT molecular complexity index is 164. The standard InChI is InChI=1S/C12H20/c1-11(2)7-6-10-12-8-4-3-5-9-12/h6-7,10,12H,3-5,8-9H2,1-2H3/b10-6-. The van der Waals surface area contributed by atoms with Crippen molar-refractivity contribution in [3.8, 4) is 0 Å². The Balaban J connectivity index is 2.29. The van der Waals surface area contributed by atoms with Crippen LogP contribution in [0.4, 0.5) is 0 Å². The first-order chi connectivity index (χ1) is 5.79. The molecule has 68 valence electrons. The van der Waals surface area contributed by atoms with Crippen LogP contribution in [0.15, 0.2) is 23.8 Å². The van der Waals surface area contributed by atoms with Gasteiger partial charge in [0, 0.05) is 0 Å². The van der Waals surface area contributed by atoms with Crippen LogP contribution in [0.1, 0.15) is 46.0 Å². The molecule has 0 heteroatoms.